The summed E-state index contributed by atoms with van der Waals surface area (Å²) in [6.45, 7) is 18.3. The molecule has 0 aromatic carbocycles. The molecule has 12 heteroatoms. The lowest BCUT2D eigenvalue weighted by molar-refractivity contribution is -0.0284. The predicted molar refractivity (Wildman–Crippen MR) is 192 cm³/mol. The molecule has 0 heterocycles. The van der Waals surface area contributed by atoms with E-state index in [0.717, 1.165) is 26.1 Å². The molecule has 0 aliphatic heterocycles. The van der Waals surface area contributed by atoms with Gasteiger partial charge in [0.1, 0.15) is 0 Å². The Bertz CT molecular complexity index is 515. The van der Waals surface area contributed by atoms with Crippen molar-refractivity contribution in [3.05, 3.63) is 0 Å². The quantitative estimate of drug-likeness (QED) is 0.0742. The van der Waals surface area contributed by atoms with Crippen molar-refractivity contribution in [2.24, 2.45) is 0 Å². The van der Waals surface area contributed by atoms with Crippen LogP contribution in [0.15, 0.2) is 0 Å². The van der Waals surface area contributed by atoms with E-state index in [-0.39, 0.29) is 0 Å². The van der Waals surface area contributed by atoms with Crippen LogP contribution in [0.4, 0.5) is 0 Å². The summed E-state index contributed by atoms with van der Waals surface area (Å²) in [7, 11) is 0. The number of rotatable bonds is 46. The molecular formula is C37H76O12. The molecule has 0 saturated heterocycles. The van der Waals surface area contributed by atoms with Gasteiger partial charge in [-0.25, -0.2) is 0 Å². The van der Waals surface area contributed by atoms with Crippen LogP contribution in [0.3, 0.4) is 0 Å². The monoisotopic (exact) mass is 713 g/mol. The van der Waals surface area contributed by atoms with Gasteiger partial charge in [-0.05, 0) is 12.8 Å². The van der Waals surface area contributed by atoms with Crippen LogP contribution in [0.2, 0.25) is 0 Å². The number of hydrogen-bond acceptors (Lipinski definition) is 12. The first-order chi connectivity index (χ1) is 24.4. The highest BCUT2D eigenvalue weighted by atomic mass is 16.6. The van der Waals surface area contributed by atoms with Gasteiger partial charge in [-0.2, -0.15) is 0 Å². The minimum absolute atomic E-state index is 0.522. The molecule has 0 spiro atoms. The Kier molecular flexibility index (Phi) is 47.1. The Hall–Kier alpha value is -0.480. The Morgan fingerprint density at radius 1 is 0.163 bits per heavy atom. The Morgan fingerprint density at radius 3 is 0.490 bits per heavy atom. The van der Waals surface area contributed by atoms with Gasteiger partial charge < -0.3 is 56.8 Å². The lowest BCUT2D eigenvalue weighted by Crippen LogP contribution is -2.15. The van der Waals surface area contributed by atoms with E-state index < -0.39 is 0 Å². The van der Waals surface area contributed by atoms with Gasteiger partial charge in [0.05, 0.1) is 145 Å². The Balaban J connectivity index is 3.04. The van der Waals surface area contributed by atoms with E-state index >= 15 is 0 Å². The molecule has 0 rings (SSSR count). The number of unbranched alkanes of at least 4 members (excludes halogenated alkanes) is 9. The number of ether oxygens (including phenoxy) is 12. The molecule has 0 atom stereocenters. The first-order valence-electron chi connectivity index (χ1n) is 19.3. The lowest BCUT2D eigenvalue weighted by Gasteiger charge is -2.09. The van der Waals surface area contributed by atoms with Gasteiger partial charge in [0.25, 0.3) is 0 Å². The van der Waals surface area contributed by atoms with Gasteiger partial charge in [-0.1, -0.05) is 71.6 Å². The summed E-state index contributed by atoms with van der Waals surface area (Å²) in [5.74, 6) is 0. The molecule has 0 aromatic rings. The van der Waals surface area contributed by atoms with Crippen molar-refractivity contribution in [3.63, 3.8) is 0 Å². The van der Waals surface area contributed by atoms with Crippen LogP contribution in [-0.4, -0.2) is 159 Å². The molecule has 49 heavy (non-hydrogen) atoms. The summed E-state index contributed by atoms with van der Waals surface area (Å²) in [4.78, 5) is 0. The molecule has 0 aliphatic rings. The fourth-order valence-electron chi connectivity index (χ4n) is 4.31. The predicted octanol–water partition coefficient (Wildman–Crippen LogP) is 5.52. The van der Waals surface area contributed by atoms with Crippen molar-refractivity contribution < 1.29 is 56.8 Å². The molecule has 0 aromatic heterocycles. The smallest absolute Gasteiger partial charge is 0.0701 e. The van der Waals surface area contributed by atoms with E-state index in [1.54, 1.807) is 0 Å². The topological polar surface area (TPSA) is 111 Å². The molecule has 0 amide bonds. The van der Waals surface area contributed by atoms with E-state index in [1.807, 2.05) is 0 Å². The molecule has 0 aliphatic carbocycles. The largest absolute Gasteiger partial charge is 0.379 e. The van der Waals surface area contributed by atoms with Crippen molar-refractivity contribution in [2.75, 3.05) is 159 Å². The van der Waals surface area contributed by atoms with Gasteiger partial charge in [0.15, 0.2) is 0 Å². The molecule has 0 unspecified atom stereocenters. The second-order valence-electron chi connectivity index (χ2n) is 11.5. The molecule has 0 bridgehead atoms. The number of hydrogen-bond donors (Lipinski definition) is 0. The third kappa shape index (κ3) is 47.5. The average molecular weight is 713 g/mol. The lowest BCUT2D eigenvalue weighted by atomic mass is 10.1. The van der Waals surface area contributed by atoms with Crippen LogP contribution in [0.25, 0.3) is 0 Å². The highest BCUT2D eigenvalue weighted by Gasteiger charge is 1.97. The van der Waals surface area contributed by atoms with Crippen LogP contribution in [0.1, 0.15) is 84.5 Å². The molecule has 0 fully saturated rings. The summed E-state index contributed by atoms with van der Waals surface area (Å²) < 4.78 is 66.2. The van der Waals surface area contributed by atoms with Gasteiger partial charge in [0, 0.05) is 13.2 Å². The van der Waals surface area contributed by atoms with Crippen molar-refractivity contribution in [3.8, 4) is 0 Å². The van der Waals surface area contributed by atoms with Crippen LogP contribution >= 0.6 is 0 Å². The van der Waals surface area contributed by atoms with E-state index in [0.29, 0.717) is 145 Å². The highest BCUT2D eigenvalue weighted by Crippen LogP contribution is 2.05. The summed E-state index contributed by atoms with van der Waals surface area (Å²) in [5, 5.41) is 0. The van der Waals surface area contributed by atoms with Gasteiger partial charge in [-0.15, -0.1) is 0 Å². The molecule has 0 N–H and O–H groups in total. The summed E-state index contributed by atoms with van der Waals surface area (Å²) in [6, 6.07) is 0. The normalized spacial score (nSPS) is 11.6. The molecule has 0 radical (unpaired) electrons. The molecule has 296 valence electrons. The third-order valence-electron chi connectivity index (χ3n) is 7.13. The minimum Gasteiger partial charge on any atom is -0.379 e. The van der Waals surface area contributed by atoms with Crippen molar-refractivity contribution in [2.45, 2.75) is 84.5 Å². The molecule has 0 saturated carbocycles. The first kappa shape index (κ1) is 48.5. The third-order valence-corrected chi connectivity index (χ3v) is 7.13. The standard InChI is InChI=1S/C37H76O12/c1-3-5-7-9-11-13-15-39-17-19-41-21-23-43-25-27-45-29-31-47-33-35-49-37-36-48-34-32-46-30-28-44-26-24-42-22-20-40-18-16-38-14-12-10-8-6-4-2/h3-37H2,1-2H3. The fourth-order valence-corrected chi connectivity index (χ4v) is 4.31. The second kappa shape index (κ2) is 47.5. The minimum atomic E-state index is 0.522. The zero-order valence-electron chi connectivity index (χ0n) is 31.6. The van der Waals surface area contributed by atoms with Crippen molar-refractivity contribution >= 4 is 0 Å². The molecule has 12 nitrogen and oxygen atoms in total. The van der Waals surface area contributed by atoms with Gasteiger partial charge >= 0.3 is 0 Å². The van der Waals surface area contributed by atoms with Crippen LogP contribution in [-0.2, 0) is 56.8 Å². The summed E-state index contributed by atoms with van der Waals surface area (Å²) in [6.07, 6.45) is 14.0. The van der Waals surface area contributed by atoms with E-state index in [9.17, 15) is 0 Å². The summed E-state index contributed by atoms with van der Waals surface area (Å²) >= 11 is 0. The SMILES string of the molecule is CCCCCCCCOCCOCCOCCOCCOCCOCCOCCOCCOCCOCCOCCOCCCCCCC. The fraction of sp³-hybridized carbons (Fsp3) is 1.00. The van der Waals surface area contributed by atoms with Crippen LogP contribution < -0.4 is 0 Å². The zero-order chi connectivity index (χ0) is 35.2. The highest BCUT2D eigenvalue weighted by molar-refractivity contribution is 4.44. The summed E-state index contributed by atoms with van der Waals surface area (Å²) in [5.41, 5.74) is 0. The maximum Gasteiger partial charge on any atom is 0.0701 e. The van der Waals surface area contributed by atoms with Crippen LogP contribution in [0.5, 0.6) is 0 Å². The average Bonchev–Trinajstić information content (AvgIpc) is 3.11. The van der Waals surface area contributed by atoms with Crippen molar-refractivity contribution in [1.82, 2.24) is 0 Å². The Labute approximate surface area is 299 Å². The first-order valence-corrected chi connectivity index (χ1v) is 19.3. The second-order valence-corrected chi connectivity index (χ2v) is 11.5. The maximum atomic E-state index is 5.59. The van der Waals surface area contributed by atoms with Crippen molar-refractivity contribution in [1.29, 1.82) is 0 Å². The Morgan fingerprint density at radius 2 is 0.306 bits per heavy atom. The van der Waals surface area contributed by atoms with Gasteiger partial charge in [0.2, 0.25) is 0 Å². The van der Waals surface area contributed by atoms with E-state index in [2.05, 4.69) is 13.8 Å². The van der Waals surface area contributed by atoms with E-state index in [4.69, 9.17) is 56.8 Å². The van der Waals surface area contributed by atoms with E-state index in [1.165, 1.54) is 57.8 Å². The molecular weight excluding hydrogens is 636 g/mol. The van der Waals surface area contributed by atoms with Crippen LogP contribution in [0, 0.1) is 0 Å². The van der Waals surface area contributed by atoms with Gasteiger partial charge in [-0.3, -0.25) is 0 Å². The maximum absolute atomic E-state index is 5.59. The zero-order valence-corrected chi connectivity index (χ0v) is 31.6.